The first kappa shape index (κ1) is 27.2. The number of primary amides is 1. The molecule has 0 aromatic heterocycles. The zero-order valence-electron chi connectivity index (χ0n) is 22.4. The number of amides is 1. The van der Waals surface area contributed by atoms with Crippen LogP contribution in [-0.2, 0) is 27.2 Å². The second kappa shape index (κ2) is 9.98. The maximum Gasteiger partial charge on any atom is 0.255 e. The van der Waals surface area contributed by atoms with Gasteiger partial charge < -0.3 is 36.4 Å². The van der Waals surface area contributed by atoms with E-state index in [2.05, 4.69) is 5.32 Å². The molecular weight excluding hydrogens is 502 g/mol. The molecule has 210 valence electrons. The number of carbonyl (C=O) groups excluding carboxylic acids is 3. The van der Waals surface area contributed by atoms with Gasteiger partial charge in [-0.3, -0.25) is 14.4 Å². The number of Topliss-reactive ketones (excluding diaryl/α,β-unsaturated/α-hetero) is 2. The van der Waals surface area contributed by atoms with Gasteiger partial charge in [-0.15, -0.1) is 0 Å². The minimum Gasteiger partial charge on any atom is -0.508 e. The number of aryl methyl sites for hydroxylation is 1. The first-order valence-corrected chi connectivity index (χ1v) is 13.7. The average Bonchev–Trinajstić information content (AvgIpc) is 2.87. The Balaban J connectivity index is 1.56. The molecule has 1 amide bonds. The van der Waals surface area contributed by atoms with Crippen molar-refractivity contribution in [1.29, 1.82) is 0 Å². The van der Waals surface area contributed by atoms with Crippen LogP contribution < -0.4 is 16.0 Å². The second-order valence-electron chi connectivity index (χ2n) is 11.6. The topological polar surface area (TPSA) is 173 Å². The lowest BCUT2D eigenvalue weighted by Crippen LogP contribution is -2.58. The molecule has 3 aliphatic carbocycles. The first-order valence-electron chi connectivity index (χ1n) is 13.7. The summed E-state index contributed by atoms with van der Waals surface area (Å²) >= 11 is 0. The molecule has 7 N–H and O–H groups in total. The monoisotopic (exact) mass is 539 g/mol. The van der Waals surface area contributed by atoms with Crippen LogP contribution in [0.15, 0.2) is 23.0 Å². The average molecular weight is 540 g/mol. The number of aliphatic hydroxyl groups excluding tert-OH is 2. The van der Waals surface area contributed by atoms with E-state index in [0.29, 0.717) is 29.9 Å². The standard InChI is InChI=1S/C29H37N3O7/c1-32(2)19-12-15(5-3-4-14-6-8-31-9-7-14)24(34)22-18(19)11-16-10-17-13-20(33)23(28(30)38)27(37)29(17,39)26(36)21(16)25(22)35/h12,14,16-17,31,34-35,37,39H,3-11,13H2,1-2H3,(H2,30,38)/t16-,17+,29+/m1/s1. The van der Waals surface area contributed by atoms with Gasteiger partial charge in [0.1, 0.15) is 22.8 Å². The number of piperidine rings is 1. The maximum atomic E-state index is 13.8. The fraction of sp³-hybridized carbons (Fsp3) is 0.552. The Bertz CT molecular complexity index is 1310. The van der Waals surface area contributed by atoms with Crippen LogP contribution in [0, 0.1) is 17.8 Å². The van der Waals surface area contributed by atoms with Gasteiger partial charge in [-0.25, -0.2) is 0 Å². The van der Waals surface area contributed by atoms with Crippen molar-refractivity contribution >= 4 is 28.9 Å². The number of hydrogen-bond acceptors (Lipinski definition) is 9. The number of rotatable bonds is 6. The predicted octanol–water partition coefficient (Wildman–Crippen LogP) is 1.81. The van der Waals surface area contributed by atoms with E-state index in [-0.39, 0.29) is 29.7 Å². The van der Waals surface area contributed by atoms with Gasteiger partial charge in [0.05, 0.1) is 5.56 Å². The summed E-state index contributed by atoms with van der Waals surface area (Å²) in [6.07, 6.45) is 4.84. The molecular formula is C29H37N3O7. The fourth-order valence-electron chi connectivity index (χ4n) is 7.06. The number of anilines is 1. The van der Waals surface area contributed by atoms with E-state index in [4.69, 9.17) is 5.73 Å². The number of hydrogen-bond donors (Lipinski definition) is 6. The molecule has 1 heterocycles. The quantitative estimate of drug-likeness (QED) is 0.295. The number of aromatic hydroxyl groups is 1. The van der Waals surface area contributed by atoms with Gasteiger partial charge in [-0.2, -0.15) is 0 Å². The van der Waals surface area contributed by atoms with Crippen LogP contribution in [0.25, 0.3) is 5.76 Å². The Kier molecular flexibility index (Phi) is 6.97. The molecule has 39 heavy (non-hydrogen) atoms. The number of nitrogens with zero attached hydrogens (tertiary/aromatic N) is 1. The summed E-state index contributed by atoms with van der Waals surface area (Å²) in [4.78, 5) is 40.0. The minimum absolute atomic E-state index is 0.0947. The number of benzene rings is 1. The van der Waals surface area contributed by atoms with Crippen molar-refractivity contribution in [3.63, 3.8) is 0 Å². The third-order valence-corrected chi connectivity index (χ3v) is 9.12. The Morgan fingerprint density at radius 3 is 2.49 bits per heavy atom. The summed E-state index contributed by atoms with van der Waals surface area (Å²) in [6, 6.07) is 1.94. The first-order chi connectivity index (χ1) is 18.5. The highest BCUT2D eigenvalue weighted by atomic mass is 16.3. The van der Waals surface area contributed by atoms with Gasteiger partial charge in [0.25, 0.3) is 5.91 Å². The molecule has 1 saturated carbocycles. The molecule has 0 spiro atoms. The lowest BCUT2D eigenvalue weighted by molar-refractivity contribution is -0.147. The van der Waals surface area contributed by atoms with Crippen LogP contribution in [0.4, 0.5) is 5.69 Å². The number of aliphatic hydroxyl groups is 3. The molecule has 10 nitrogen and oxygen atoms in total. The van der Waals surface area contributed by atoms with E-state index >= 15 is 0 Å². The second-order valence-corrected chi connectivity index (χ2v) is 11.6. The van der Waals surface area contributed by atoms with Gasteiger partial charge in [0, 0.05) is 37.7 Å². The lowest BCUT2D eigenvalue weighted by atomic mass is 9.59. The van der Waals surface area contributed by atoms with Crippen LogP contribution in [0.2, 0.25) is 0 Å². The normalized spacial score (nSPS) is 27.3. The summed E-state index contributed by atoms with van der Waals surface area (Å²) < 4.78 is 0. The summed E-state index contributed by atoms with van der Waals surface area (Å²) in [5, 5.41) is 48.4. The molecule has 1 saturated heterocycles. The minimum atomic E-state index is -2.55. The van der Waals surface area contributed by atoms with Crippen molar-refractivity contribution in [3.05, 3.63) is 39.7 Å². The summed E-state index contributed by atoms with van der Waals surface area (Å²) in [5.41, 5.74) is 4.13. The van der Waals surface area contributed by atoms with Crippen molar-refractivity contribution in [2.24, 2.45) is 23.5 Å². The molecule has 1 aromatic rings. The van der Waals surface area contributed by atoms with E-state index in [1.807, 2.05) is 25.1 Å². The van der Waals surface area contributed by atoms with Crippen LogP contribution in [-0.4, -0.2) is 70.7 Å². The third-order valence-electron chi connectivity index (χ3n) is 9.12. The van der Waals surface area contributed by atoms with Crippen molar-refractivity contribution < 1.29 is 34.8 Å². The van der Waals surface area contributed by atoms with Crippen LogP contribution in [0.1, 0.15) is 55.2 Å². The molecule has 2 fully saturated rings. The fourth-order valence-corrected chi connectivity index (χ4v) is 7.06. The van der Waals surface area contributed by atoms with Crippen LogP contribution >= 0.6 is 0 Å². The number of carbonyl (C=O) groups is 3. The van der Waals surface area contributed by atoms with Gasteiger partial charge in [-0.05, 0) is 80.6 Å². The zero-order chi connectivity index (χ0) is 28.2. The smallest absolute Gasteiger partial charge is 0.255 e. The Hall–Kier alpha value is -3.37. The predicted molar refractivity (Wildman–Crippen MR) is 144 cm³/mol. The SMILES string of the molecule is CN(C)c1cc(CCCC2CCNCC2)c(O)c2c1C[C@H]1C[C@H]3CC(=O)C(C(N)=O)=C(O)[C@@]3(O)C(=O)C1=C2O. The molecule has 1 aromatic carbocycles. The van der Waals surface area contributed by atoms with Gasteiger partial charge in [0.15, 0.2) is 11.4 Å². The molecule has 0 unspecified atom stereocenters. The number of phenolic OH excluding ortho intramolecular Hbond substituents is 1. The highest BCUT2D eigenvalue weighted by Crippen LogP contribution is 2.53. The summed E-state index contributed by atoms with van der Waals surface area (Å²) in [7, 11) is 3.75. The number of nitrogens with one attached hydrogen (secondary N) is 1. The van der Waals surface area contributed by atoms with Crippen LogP contribution in [0.5, 0.6) is 5.75 Å². The van der Waals surface area contributed by atoms with E-state index in [1.54, 1.807) is 0 Å². The zero-order valence-corrected chi connectivity index (χ0v) is 22.4. The number of fused-ring (bicyclic) bond motifs is 3. The summed E-state index contributed by atoms with van der Waals surface area (Å²) in [5.74, 6) is -5.41. The molecule has 1 aliphatic heterocycles. The Labute approximate surface area is 227 Å². The van der Waals surface area contributed by atoms with Crippen molar-refractivity contribution in [2.45, 2.75) is 57.0 Å². The Morgan fingerprint density at radius 2 is 1.85 bits per heavy atom. The largest absolute Gasteiger partial charge is 0.508 e. The van der Waals surface area contributed by atoms with Gasteiger partial charge in [-0.1, -0.05) is 6.42 Å². The van der Waals surface area contributed by atoms with Crippen LogP contribution in [0.3, 0.4) is 0 Å². The molecule has 4 aliphatic rings. The van der Waals surface area contributed by atoms with Crippen molar-refractivity contribution in [1.82, 2.24) is 5.32 Å². The van der Waals surface area contributed by atoms with Gasteiger partial charge >= 0.3 is 0 Å². The number of phenols is 1. The molecule has 0 bridgehead atoms. The Morgan fingerprint density at radius 1 is 1.15 bits per heavy atom. The number of nitrogens with two attached hydrogens (primary N) is 1. The van der Waals surface area contributed by atoms with E-state index in [9.17, 15) is 34.8 Å². The van der Waals surface area contributed by atoms with E-state index in [1.165, 1.54) is 0 Å². The molecule has 3 atom stereocenters. The maximum absolute atomic E-state index is 13.8. The lowest BCUT2D eigenvalue weighted by Gasteiger charge is -2.46. The number of ketones is 2. The third kappa shape index (κ3) is 4.30. The van der Waals surface area contributed by atoms with Crippen molar-refractivity contribution in [2.75, 3.05) is 32.1 Å². The molecule has 10 heteroatoms. The molecule has 5 rings (SSSR count). The highest BCUT2D eigenvalue weighted by molar-refractivity contribution is 6.22. The van der Waals surface area contributed by atoms with Gasteiger partial charge in [0.2, 0.25) is 5.78 Å². The molecule has 0 radical (unpaired) electrons. The van der Waals surface area contributed by atoms with Crippen molar-refractivity contribution in [3.8, 4) is 5.75 Å². The highest BCUT2D eigenvalue weighted by Gasteiger charge is 2.60. The van der Waals surface area contributed by atoms with E-state index in [0.717, 1.165) is 44.5 Å². The van der Waals surface area contributed by atoms with E-state index < -0.39 is 52.0 Å². The summed E-state index contributed by atoms with van der Waals surface area (Å²) in [6.45, 7) is 2.03.